The smallest absolute Gasteiger partial charge is 0.274 e. The number of nitrogens with one attached hydrogen (secondary N) is 2. The lowest BCUT2D eigenvalue weighted by Crippen LogP contribution is -2.23. The van der Waals surface area contributed by atoms with Crippen molar-refractivity contribution >= 4 is 32.2 Å². The van der Waals surface area contributed by atoms with E-state index in [4.69, 9.17) is 4.74 Å². The lowest BCUT2D eigenvalue weighted by atomic mass is 10.0. The predicted octanol–water partition coefficient (Wildman–Crippen LogP) is 4.59. The minimum absolute atomic E-state index is 0.177. The number of aromatic amines is 1. The highest BCUT2D eigenvalue weighted by molar-refractivity contribution is 7.92. The maximum Gasteiger partial charge on any atom is 0.274 e. The van der Waals surface area contributed by atoms with E-state index in [1.807, 2.05) is 0 Å². The summed E-state index contributed by atoms with van der Waals surface area (Å²) in [6.45, 7) is 5.68. The second kappa shape index (κ2) is 9.81. The number of benzene rings is 1. The number of aromatic nitrogens is 3. The van der Waals surface area contributed by atoms with E-state index in [2.05, 4.69) is 19.6 Å². The van der Waals surface area contributed by atoms with Gasteiger partial charge < -0.3 is 19.6 Å². The number of pyridine rings is 2. The van der Waals surface area contributed by atoms with Crippen LogP contribution in [0.5, 0.6) is 11.6 Å². The molecule has 0 unspecified atom stereocenters. The summed E-state index contributed by atoms with van der Waals surface area (Å²) >= 11 is 0. The number of halogens is 1. The van der Waals surface area contributed by atoms with Crippen LogP contribution in [0, 0.1) is 19.7 Å². The largest absolute Gasteiger partial charge is 0.438 e. The monoisotopic (exact) mass is 525 g/mol. The van der Waals surface area contributed by atoms with Crippen LogP contribution in [-0.4, -0.2) is 43.7 Å². The van der Waals surface area contributed by atoms with Crippen LogP contribution in [0.15, 0.2) is 45.8 Å². The molecule has 11 heteroatoms. The summed E-state index contributed by atoms with van der Waals surface area (Å²) < 4.78 is 38.2. The van der Waals surface area contributed by atoms with Crippen LogP contribution >= 0.6 is 0 Å². The van der Waals surface area contributed by atoms with Crippen LogP contribution in [0.1, 0.15) is 28.5 Å². The maximum absolute atomic E-state index is 13.9. The lowest BCUT2D eigenvalue weighted by Gasteiger charge is -2.16. The van der Waals surface area contributed by atoms with Crippen molar-refractivity contribution in [1.82, 2.24) is 19.9 Å². The summed E-state index contributed by atoms with van der Waals surface area (Å²) in [5, 5.41) is 3.20. The molecular weight excluding hydrogens is 497 g/mol. The number of H-pyrrole nitrogens is 1. The first-order valence-corrected chi connectivity index (χ1v) is 13.8. The van der Waals surface area contributed by atoms with Gasteiger partial charge in [-0.25, -0.2) is 13.6 Å². The Morgan fingerprint density at radius 1 is 1.19 bits per heavy atom. The molecule has 0 fully saturated rings. The van der Waals surface area contributed by atoms with E-state index in [-0.39, 0.29) is 34.4 Å². The van der Waals surface area contributed by atoms with Gasteiger partial charge in [-0.2, -0.15) is 4.36 Å². The van der Waals surface area contributed by atoms with Crippen molar-refractivity contribution in [1.29, 1.82) is 0 Å². The average Bonchev–Trinajstić information content (AvgIpc) is 3.24. The summed E-state index contributed by atoms with van der Waals surface area (Å²) in [5.74, 6) is -0.112. The quantitative estimate of drug-likeness (QED) is 0.382. The zero-order chi connectivity index (χ0) is 27.1. The fraction of sp³-hybridized carbons (Fsp3) is 0.269. The van der Waals surface area contributed by atoms with Gasteiger partial charge in [0.05, 0.1) is 11.9 Å². The molecule has 194 valence electrons. The number of hydrogen-bond donors (Lipinski definition) is 2. The molecule has 3 aromatic heterocycles. The van der Waals surface area contributed by atoms with E-state index < -0.39 is 9.73 Å². The van der Waals surface area contributed by atoms with Crippen LogP contribution < -0.4 is 15.6 Å². The lowest BCUT2D eigenvalue weighted by molar-refractivity contribution is 0.0951. The Morgan fingerprint density at radius 3 is 2.49 bits per heavy atom. The SMILES string of the molecule is CCNC(=O)c1cc2c(-c3cc(N=S(C)(C)=O)cnc3Oc3c(C)cc(F)cc3C)cn(C)c(=O)c2[nH]1. The molecule has 1 aromatic carbocycles. The third kappa shape index (κ3) is 5.41. The number of rotatable bonds is 6. The van der Waals surface area contributed by atoms with Crippen molar-refractivity contribution in [2.24, 2.45) is 11.4 Å². The second-order valence-corrected chi connectivity index (χ2v) is 11.6. The van der Waals surface area contributed by atoms with Gasteiger partial charge in [-0.1, -0.05) is 0 Å². The molecule has 4 rings (SSSR count). The van der Waals surface area contributed by atoms with E-state index in [1.54, 1.807) is 46.1 Å². The van der Waals surface area contributed by atoms with Gasteiger partial charge >= 0.3 is 0 Å². The van der Waals surface area contributed by atoms with Gasteiger partial charge in [-0.05, 0) is 56.2 Å². The molecule has 3 heterocycles. The zero-order valence-corrected chi connectivity index (χ0v) is 22.2. The topological polar surface area (TPSA) is 118 Å². The summed E-state index contributed by atoms with van der Waals surface area (Å²) in [4.78, 5) is 32.8. The van der Waals surface area contributed by atoms with Crippen molar-refractivity contribution in [3.63, 3.8) is 0 Å². The van der Waals surface area contributed by atoms with Crippen LogP contribution in [0.25, 0.3) is 22.0 Å². The van der Waals surface area contributed by atoms with Crippen molar-refractivity contribution in [3.05, 3.63) is 69.7 Å². The van der Waals surface area contributed by atoms with Crippen LogP contribution in [0.3, 0.4) is 0 Å². The number of aryl methyl sites for hydroxylation is 3. The molecule has 37 heavy (non-hydrogen) atoms. The summed E-state index contributed by atoms with van der Waals surface area (Å²) in [7, 11) is -0.902. The highest BCUT2D eigenvalue weighted by Gasteiger charge is 2.21. The number of amides is 1. The van der Waals surface area contributed by atoms with Crippen LogP contribution in [0.2, 0.25) is 0 Å². The minimum atomic E-state index is -2.50. The molecule has 0 saturated heterocycles. The van der Waals surface area contributed by atoms with Crippen molar-refractivity contribution in [2.75, 3.05) is 19.1 Å². The van der Waals surface area contributed by atoms with E-state index in [0.717, 1.165) is 0 Å². The Labute approximate surface area is 213 Å². The standard InChI is InChI=1S/C26H28FN5O4S/c1-7-28-24(33)21-11-18-20(13-32(4)26(34)22(18)30-21)19-10-17(31-37(5,6)35)12-29-25(19)36-23-14(2)8-16(27)9-15(23)3/h8-13,30H,7H2,1-6H3,(H,28,33). The van der Waals surface area contributed by atoms with Gasteiger partial charge in [-0.3, -0.25) is 9.59 Å². The molecule has 4 aromatic rings. The Balaban J connectivity index is 2.01. The number of fused-ring (bicyclic) bond motifs is 1. The van der Waals surface area contributed by atoms with Crippen molar-refractivity contribution < 1.29 is 18.1 Å². The molecule has 0 atom stereocenters. The molecule has 0 bridgehead atoms. The van der Waals surface area contributed by atoms with Gasteiger partial charge in [0.25, 0.3) is 11.5 Å². The van der Waals surface area contributed by atoms with Gasteiger partial charge in [0.2, 0.25) is 5.88 Å². The van der Waals surface area contributed by atoms with E-state index in [1.165, 1.54) is 35.4 Å². The van der Waals surface area contributed by atoms with Gasteiger partial charge in [0.15, 0.2) is 0 Å². The van der Waals surface area contributed by atoms with Gasteiger partial charge in [0.1, 0.15) is 22.8 Å². The first-order valence-electron chi connectivity index (χ1n) is 11.5. The van der Waals surface area contributed by atoms with Crippen LogP contribution in [0.4, 0.5) is 10.1 Å². The third-order valence-electron chi connectivity index (χ3n) is 5.62. The molecule has 1 amide bonds. The Bertz CT molecular complexity index is 1700. The first kappa shape index (κ1) is 26.1. The highest BCUT2D eigenvalue weighted by Crippen LogP contribution is 2.39. The normalized spacial score (nSPS) is 11.5. The number of nitrogens with zero attached hydrogens (tertiary/aromatic N) is 3. The van der Waals surface area contributed by atoms with Crippen LogP contribution in [-0.2, 0) is 16.8 Å². The van der Waals surface area contributed by atoms with Crippen molar-refractivity contribution in [2.45, 2.75) is 20.8 Å². The molecule has 0 radical (unpaired) electrons. The minimum Gasteiger partial charge on any atom is -0.438 e. The molecule has 2 N–H and O–H groups in total. The molecule has 9 nitrogen and oxygen atoms in total. The molecule has 0 spiro atoms. The van der Waals surface area contributed by atoms with E-state index in [9.17, 15) is 18.2 Å². The number of ether oxygens (including phenoxy) is 1. The Morgan fingerprint density at radius 2 is 1.86 bits per heavy atom. The maximum atomic E-state index is 13.9. The molecule has 0 aliphatic carbocycles. The predicted molar refractivity (Wildman–Crippen MR) is 143 cm³/mol. The Kier molecular flexibility index (Phi) is 6.92. The average molecular weight is 526 g/mol. The van der Waals surface area contributed by atoms with Crippen molar-refractivity contribution in [3.8, 4) is 22.8 Å². The van der Waals surface area contributed by atoms with Gasteiger partial charge in [0, 0.05) is 58.5 Å². The molecule has 0 aliphatic heterocycles. The highest BCUT2D eigenvalue weighted by atomic mass is 32.2. The number of carbonyl (C=O) groups is 1. The Hall–Kier alpha value is -3.99. The zero-order valence-electron chi connectivity index (χ0n) is 21.4. The first-order chi connectivity index (χ1) is 17.4. The number of carbonyl (C=O) groups excluding carboxylic acids is 1. The summed E-state index contributed by atoms with van der Waals surface area (Å²) in [5.41, 5.74) is 2.65. The fourth-order valence-electron chi connectivity index (χ4n) is 4.10. The molecular formula is C26H28FN5O4S. The molecule has 0 aliphatic rings. The second-order valence-electron chi connectivity index (χ2n) is 9.08. The number of hydrogen-bond acceptors (Lipinski definition) is 6. The molecule has 0 saturated carbocycles. The summed E-state index contributed by atoms with van der Waals surface area (Å²) in [6.07, 6.45) is 6.08. The van der Waals surface area contributed by atoms with Gasteiger partial charge in [-0.15, -0.1) is 0 Å². The fourth-order valence-corrected chi connectivity index (χ4v) is 4.71. The third-order valence-corrected chi connectivity index (χ3v) is 6.27. The van der Waals surface area contributed by atoms with E-state index in [0.29, 0.717) is 45.6 Å². The van der Waals surface area contributed by atoms with E-state index >= 15 is 0 Å². The summed E-state index contributed by atoms with van der Waals surface area (Å²) in [6, 6.07) is 6.00.